The van der Waals surface area contributed by atoms with Gasteiger partial charge in [0.05, 0.1) is 18.2 Å². The van der Waals surface area contributed by atoms with Gasteiger partial charge in [0.2, 0.25) is 5.91 Å². The second-order valence-electron chi connectivity index (χ2n) is 8.57. The minimum Gasteiger partial charge on any atom is -0.480 e. The van der Waals surface area contributed by atoms with E-state index in [0.717, 1.165) is 16.7 Å². The lowest BCUT2D eigenvalue weighted by molar-refractivity contribution is -0.142. The predicted octanol–water partition coefficient (Wildman–Crippen LogP) is 3.43. The van der Waals surface area contributed by atoms with E-state index < -0.39 is 30.1 Å². The number of carbonyl (C=O) groups excluding carboxylic acids is 2. The topological polar surface area (TPSA) is 120 Å². The average Bonchev–Trinajstić information content (AvgIpc) is 2.91. The first kappa shape index (κ1) is 24.5. The normalized spacial score (nSPS) is 15.2. The van der Waals surface area contributed by atoms with Crippen molar-refractivity contribution >= 4 is 18.0 Å². The van der Waals surface area contributed by atoms with E-state index in [1.807, 2.05) is 60.7 Å². The van der Waals surface area contributed by atoms with Crippen molar-refractivity contribution in [2.45, 2.75) is 38.1 Å². The zero-order chi connectivity index (χ0) is 25.5. The number of amides is 2. The number of hydrogen-bond acceptors (Lipinski definition) is 5. The molecule has 2 amide bonds. The lowest BCUT2D eigenvalue weighted by Gasteiger charge is -2.35. The number of fused-ring (bicyclic) bond motifs is 1. The molecule has 2 N–H and O–H groups in total. The van der Waals surface area contributed by atoms with Crippen LogP contribution in [0.25, 0.3) is 0 Å². The lowest BCUT2D eigenvalue weighted by atomic mass is 9.93. The highest BCUT2D eigenvalue weighted by Crippen LogP contribution is 2.25. The van der Waals surface area contributed by atoms with Crippen molar-refractivity contribution in [3.63, 3.8) is 0 Å². The summed E-state index contributed by atoms with van der Waals surface area (Å²) in [5.41, 5.74) is 3.77. The molecule has 1 heterocycles. The van der Waals surface area contributed by atoms with Crippen molar-refractivity contribution in [1.82, 2.24) is 10.2 Å². The number of nitriles is 1. The molecular weight excluding hydrogens is 458 g/mol. The fraction of sp³-hybridized carbons (Fsp3) is 0.214. The summed E-state index contributed by atoms with van der Waals surface area (Å²) in [6.07, 6.45) is -0.368. The summed E-state index contributed by atoms with van der Waals surface area (Å²) in [5, 5.41) is 21.3. The molecule has 0 spiro atoms. The molecule has 0 saturated heterocycles. The summed E-state index contributed by atoms with van der Waals surface area (Å²) in [6.45, 7) is 0.234. The van der Waals surface area contributed by atoms with Crippen LogP contribution >= 0.6 is 0 Å². The van der Waals surface area contributed by atoms with Gasteiger partial charge in [-0.1, -0.05) is 66.7 Å². The van der Waals surface area contributed by atoms with Gasteiger partial charge in [0.15, 0.2) is 0 Å². The molecule has 0 bridgehead atoms. The van der Waals surface area contributed by atoms with Gasteiger partial charge in [-0.05, 0) is 34.4 Å². The molecule has 0 radical (unpaired) electrons. The predicted molar refractivity (Wildman–Crippen MR) is 131 cm³/mol. The van der Waals surface area contributed by atoms with E-state index in [1.54, 1.807) is 24.3 Å². The van der Waals surface area contributed by atoms with E-state index in [4.69, 9.17) is 10.00 Å². The zero-order valence-corrected chi connectivity index (χ0v) is 19.5. The summed E-state index contributed by atoms with van der Waals surface area (Å²) in [6, 6.07) is 23.1. The quantitative estimate of drug-likeness (QED) is 0.531. The minimum absolute atomic E-state index is 0.0363. The van der Waals surface area contributed by atoms with Gasteiger partial charge < -0.3 is 15.2 Å². The van der Waals surface area contributed by atoms with Gasteiger partial charge >= 0.3 is 12.1 Å². The Balaban J connectivity index is 1.51. The third kappa shape index (κ3) is 5.88. The Hall–Kier alpha value is -4.64. The first-order valence-electron chi connectivity index (χ1n) is 11.5. The van der Waals surface area contributed by atoms with Gasteiger partial charge in [0.1, 0.15) is 18.7 Å². The molecule has 1 aliphatic heterocycles. The number of carboxylic acid groups (broad SMARTS) is 1. The molecule has 3 aromatic rings. The maximum Gasteiger partial charge on any atom is 0.411 e. The van der Waals surface area contributed by atoms with Gasteiger partial charge in [0.25, 0.3) is 0 Å². The Morgan fingerprint density at radius 3 is 2.31 bits per heavy atom. The van der Waals surface area contributed by atoms with Gasteiger partial charge in [-0.25, -0.2) is 9.59 Å². The molecule has 182 valence electrons. The Morgan fingerprint density at radius 2 is 1.64 bits per heavy atom. The number of aliphatic carboxylic acids is 1. The van der Waals surface area contributed by atoms with Crippen LogP contribution in [-0.2, 0) is 40.3 Å². The van der Waals surface area contributed by atoms with Crippen LogP contribution in [-0.4, -0.2) is 40.1 Å². The van der Waals surface area contributed by atoms with Crippen molar-refractivity contribution in [3.05, 3.63) is 107 Å². The van der Waals surface area contributed by atoms with Crippen LogP contribution in [0.15, 0.2) is 78.9 Å². The molecule has 0 aliphatic carbocycles. The standard InChI is InChI=1S/C28H25N3O5/c29-16-20-12-10-19(11-13-20)14-24(27(33)34)30-26(32)25-15-22-8-4-5-9-23(22)17-31(25)28(35)36-18-21-6-2-1-3-7-21/h1-13,24-25H,14-15,17-18H2,(H,30,32)(H,33,34)/t24-,25-/m0/s1. The largest absolute Gasteiger partial charge is 0.480 e. The number of benzene rings is 3. The highest BCUT2D eigenvalue weighted by Gasteiger charge is 2.37. The van der Waals surface area contributed by atoms with E-state index in [9.17, 15) is 19.5 Å². The van der Waals surface area contributed by atoms with Crippen molar-refractivity contribution in [2.24, 2.45) is 0 Å². The van der Waals surface area contributed by atoms with E-state index >= 15 is 0 Å². The van der Waals surface area contributed by atoms with Crippen molar-refractivity contribution in [2.75, 3.05) is 0 Å². The molecule has 0 unspecified atom stereocenters. The van der Waals surface area contributed by atoms with Gasteiger partial charge in [-0.15, -0.1) is 0 Å². The molecular formula is C28H25N3O5. The highest BCUT2D eigenvalue weighted by molar-refractivity contribution is 5.90. The van der Waals surface area contributed by atoms with Crippen molar-refractivity contribution < 1.29 is 24.2 Å². The number of carbonyl (C=O) groups is 3. The number of rotatable bonds is 7. The molecule has 8 nitrogen and oxygen atoms in total. The van der Waals surface area contributed by atoms with E-state index in [0.29, 0.717) is 11.1 Å². The third-order valence-corrected chi connectivity index (χ3v) is 6.13. The maximum atomic E-state index is 13.3. The number of nitrogens with zero attached hydrogens (tertiary/aromatic N) is 2. The molecule has 0 saturated carbocycles. The van der Waals surface area contributed by atoms with Gasteiger partial charge in [0, 0.05) is 12.8 Å². The Bertz CT molecular complexity index is 1280. The van der Waals surface area contributed by atoms with Crippen LogP contribution < -0.4 is 5.32 Å². The summed E-state index contributed by atoms with van der Waals surface area (Å²) < 4.78 is 5.50. The van der Waals surface area contributed by atoms with Crippen LogP contribution in [0.3, 0.4) is 0 Å². The van der Waals surface area contributed by atoms with Crippen LogP contribution in [0, 0.1) is 11.3 Å². The fourth-order valence-electron chi connectivity index (χ4n) is 4.17. The molecule has 8 heteroatoms. The van der Waals surface area contributed by atoms with E-state index in [2.05, 4.69) is 5.32 Å². The van der Waals surface area contributed by atoms with Crippen LogP contribution in [0.2, 0.25) is 0 Å². The lowest BCUT2D eigenvalue weighted by Crippen LogP contribution is -2.56. The Kier molecular flexibility index (Phi) is 7.61. The Morgan fingerprint density at radius 1 is 0.972 bits per heavy atom. The number of nitrogens with one attached hydrogen (secondary N) is 1. The minimum atomic E-state index is -1.20. The Labute approximate surface area is 208 Å². The second-order valence-corrected chi connectivity index (χ2v) is 8.57. The average molecular weight is 484 g/mol. The van der Waals surface area contributed by atoms with Crippen LogP contribution in [0.5, 0.6) is 0 Å². The second kappa shape index (κ2) is 11.2. The summed E-state index contributed by atoms with van der Waals surface area (Å²) >= 11 is 0. The van der Waals surface area contributed by atoms with Gasteiger partial charge in [-0.3, -0.25) is 9.69 Å². The zero-order valence-electron chi connectivity index (χ0n) is 19.5. The summed E-state index contributed by atoms with van der Waals surface area (Å²) in [7, 11) is 0. The fourth-order valence-corrected chi connectivity index (χ4v) is 4.17. The summed E-state index contributed by atoms with van der Waals surface area (Å²) in [5.74, 6) is -1.76. The number of hydrogen-bond donors (Lipinski definition) is 2. The summed E-state index contributed by atoms with van der Waals surface area (Å²) in [4.78, 5) is 39.7. The van der Waals surface area contributed by atoms with E-state index in [1.165, 1.54) is 4.90 Å². The number of carboxylic acids is 1. The SMILES string of the molecule is N#Cc1ccc(C[C@H](NC(=O)[C@@H]2Cc3ccccc3CN2C(=O)OCc2ccccc2)C(=O)O)cc1. The number of ether oxygens (including phenoxy) is 1. The molecule has 1 aliphatic rings. The molecule has 4 rings (SSSR count). The van der Waals surface area contributed by atoms with Gasteiger partial charge in [-0.2, -0.15) is 5.26 Å². The molecule has 0 aromatic heterocycles. The maximum absolute atomic E-state index is 13.3. The van der Waals surface area contributed by atoms with Crippen LogP contribution in [0.1, 0.15) is 27.8 Å². The molecule has 3 aromatic carbocycles. The molecule has 36 heavy (non-hydrogen) atoms. The molecule has 2 atom stereocenters. The third-order valence-electron chi connectivity index (χ3n) is 6.13. The first-order chi connectivity index (χ1) is 17.4. The first-order valence-corrected chi connectivity index (χ1v) is 11.5. The highest BCUT2D eigenvalue weighted by atomic mass is 16.6. The van der Waals surface area contributed by atoms with Crippen LogP contribution in [0.4, 0.5) is 4.79 Å². The van der Waals surface area contributed by atoms with Crippen molar-refractivity contribution in [1.29, 1.82) is 5.26 Å². The monoisotopic (exact) mass is 483 g/mol. The van der Waals surface area contributed by atoms with E-state index in [-0.39, 0.29) is 26.0 Å². The van der Waals surface area contributed by atoms with Crippen molar-refractivity contribution in [3.8, 4) is 6.07 Å². The molecule has 0 fully saturated rings. The smallest absolute Gasteiger partial charge is 0.411 e.